The van der Waals surface area contributed by atoms with Crippen LogP contribution in [-0.2, 0) is 4.79 Å². The molecule has 1 aromatic carbocycles. The van der Waals surface area contributed by atoms with Crippen molar-refractivity contribution in [3.05, 3.63) is 32.5 Å². The number of carboxylic acids is 1. The van der Waals surface area contributed by atoms with Crippen molar-refractivity contribution < 1.29 is 19.2 Å². The molecule has 6 nitrogen and oxygen atoms in total. The van der Waals surface area contributed by atoms with Crippen LogP contribution < -0.4 is 5.32 Å². The molecule has 108 valence electrons. The summed E-state index contributed by atoms with van der Waals surface area (Å²) in [5.41, 5.74) is -1.18. The van der Waals surface area contributed by atoms with E-state index in [0.717, 1.165) is 12.5 Å². The van der Waals surface area contributed by atoms with Crippen LogP contribution in [0.15, 0.2) is 16.6 Å². The minimum atomic E-state index is -0.917. The third-order valence-electron chi connectivity index (χ3n) is 3.62. The predicted molar refractivity (Wildman–Crippen MR) is 73.2 cm³/mol. The van der Waals surface area contributed by atoms with Crippen LogP contribution in [0.4, 0.5) is 15.8 Å². The number of nitro groups is 1. The summed E-state index contributed by atoms with van der Waals surface area (Å²) in [5, 5.41) is 22.9. The molecule has 1 aliphatic carbocycles. The van der Waals surface area contributed by atoms with Crippen LogP contribution >= 0.6 is 15.9 Å². The van der Waals surface area contributed by atoms with Gasteiger partial charge in [-0.3, -0.25) is 14.9 Å². The number of nitro benzene ring substituents is 1. The molecule has 1 fully saturated rings. The molecular weight excluding hydrogens is 335 g/mol. The zero-order valence-corrected chi connectivity index (χ0v) is 11.9. The van der Waals surface area contributed by atoms with E-state index in [1.807, 2.05) is 0 Å². The molecule has 2 rings (SSSR count). The van der Waals surface area contributed by atoms with Crippen molar-refractivity contribution in [3.63, 3.8) is 0 Å². The average molecular weight is 347 g/mol. The first kappa shape index (κ1) is 14.7. The number of anilines is 1. The van der Waals surface area contributed by atoms with Gasteiger partial charge in [-0.1, -0.05) is 6.42 Å². The lowest BCUT2D eigenvalue weighted by Gasteiger charge is -2.37. The van der Waals surface area contributed by atoms with Crippen molar-refractivity contribution in [2.24, 2.45) is 5.41 Å². The van der Waals surface area contributed by atoms with E-state index in [1.54, 1.807) is 0 Å². The van der Waals surface area contributed by atoms with Crippen LogP contribution in [0.5, 0.6) is 0 Å². The van der Waals surface area contributed by atoms with Crippen molar-refractivity contribution in [3.8, 4) is 0 Å². The Morgan fingerprint density at radius 2 is 2.20 bits per heavy atom. The summed E-state index contributed by atoms with van der Waals surface area (Å²) in [6, 6.07) is 2.06. The van der Waals surface area contributed by atoms with E-state index >= 15 is 0 Å². The zero-order valence-electron chi connectivity index (χ0n) is 10.4. The molecule has 20 heavy (non-hydrogen) atoms. The maximum atomic E-state index is 13.3. The molecule has 0 atom stereocenters. The summed E-state index contributed by atoms with van der Waals surface area (Å²) in [7, 11) is 0. The Balaban J connectivity index is 2.23. The number of aliphatic carboxylic acids is 1. The third kappa shape index (κ3) is 2.60. The Kier molecular flexibility index (Phi) is 3.94. The summed E-state index contributed by atoms with van der Waals surface area (Å²) in [4.78, 5) is 21.4. The molecule has 0 unspecified atom stereocenters. The molecular formula is C12H12BrFN2O4. The summed E-state index contributed by atoms with van der Waals surface area (Å²) in [5.74, 6) is -1.65. The molecule has 0 spiro atoms. The third-order valence-corrected chi connectivity index (χ3v) is 4.22. The highest BCUT2D eigenvalue weighted by Gasteiger charge is 2.44. The highest BCUT2D eigenvalue weighted by Crippen LogP contribution is 2.42. The van der Waals surface area contributed by atoms with Gasteiger partial charge in [0.05, 0.1) is 20.9 Å². The molecule has 0 aliphatic heterocycles. The lowest BCUT2D eigenvalue weighted by atomic mass is 9.69. The monoisotopic (exact) mass is 346 g/mol. The lowest BCUT2D eigenvalue weighted by Crippen LogP contribution is -2.43. The average Bonchev–Trinajstić information content (AvgIpc) is 2.30. The minimum Gasteiger partial charge on any atom is -0.481 e. The van der Waals surface area contributed by atoms with Crippen molar-refractivity contribution in [2.45, 2.75) is 19.3 Å². The second-order valence-electron chi connectivity index (χ2n) is 4.83. The summed E-state index contributed by atoms with van der Waals surface area (Å²) >= 11 is 2.96. The van der Waals surface area contributed by atoms with Gasteiger partial charge in [-0.2, -0.15) is 0 Å². The van der Waals surface area contributed by atoms with Gasteiger partial charge >= 0.3 is 5.97 Å². The van der Waals surface area contributed by atoms with E-state index in [4.69, 9.17) is 0 Å². The first-order valence-electron chi connectivity index (χ1n) is 5.96. The molecule has 0 heterocycles. The Labute approximate surface area is 122 Å². The van der Waals surface area contributed by atoms with Gasteiger partial charge in [0.2, 0.25) is 0 Å². The fraction of sp³-hybridized carbons (Fsp3) is 0.417. The predicted octanol–water partition coefficient (Wildman–Crippen LogP) is 3.16. The SMILES string of the molecule is O=C(O)C1(CNc2cc(Br)c(F)cc2[N+](=O)[O-])CCC1. The highest BCUT2D eigenvalue weighted by atomic mass is 79.9. The molecule has 0 bridgehead atoms. The summed E-state index contributed by atoms with van der Waals surface area (Å²) in [6.45, 7) is 0.0846. The van der Waals surface area contributed by atoms with Gasteiger partial charge in [-0.05, 0) is 34.8 Å². The van der Waals surface area contributed by atoms with E-state index < -0.39 is 27.8 Å². The highest BCUT2D eigenvalue weighted by molar-refractivity contribution is 9.10. The lowest BCUT2D eigenvalue weighted by molar-refractivity contribution is -0.384. The van der Waals surface area contributed by atoms with E-state index in [2.05, 4.69) is 21.2 Å². The number of halogens is 2. The molecule has 0 saturated heterocycles. The molecule has 8 heteroatoms. The topological polar surface area (TPSA) is 92.5 Å². The molecule has 2 N–H and O–H groups in total. The van der Waals surface area contributed by atoms with Gasteiger partial charge in [0.25, 0.3) is 5.69 Å². The van der Waals surface area contributed by atoms with Crippen LogP contribution in [0.1, 0.15) is 19.3 Å². The second-order valence-corrected chi connectivity index (χ2v) is 5.69. The molecule has 0 amide bonds. The molecule has 0 radical (unpaired) electrons. The number of rotatable bonds is 5. The molecule has 1 saturated carbocycles. The molecule has 1 aromatic rings. The number of carbonyl (C=O) groups is 1. The van der Waals surface area contributed by atoms with Crippen LogP contribution in [0.2, 0.25) is 0 Å². The van der Waals surface area contributed by atoms with Crippen LogP contribution in [0, 0.1) is 21.3 Å². The maximum absolute atomic E-state index is 13.3. The maximum Gasteiger partial charge on any atom is 0.311 e. The quantitative estimate of drug-likeness (QED) is 0.630. The van der Waals surface area contributed by atoms with E-state index in [9.17, 15) is 24.4 Å². The smallest absolute Gasteiger partial charge is 0.311 e. The molecule has 1 aliphatic rings. The molecule has 0 aromatic heterocycles. The summed E-state index contributed by atoms with van der Waals surface area (Å²) < 4.78 is 13.4. The van der Waals surface area contributed by atoms with Gasteiger partial charge in [0.15, 0.2) is 0 Å². The van der Waals surface area contributed by atoms with E-state index in [1.165, 1.54) is 6.07 Å². The zero-order chi connectivity index (χ0) is 14.9. The second kappa shape index (κ2) is 5.35. The number of benzene rings is 1. The first-order chi connectivity index (χ1) is 9.35. The van der Waals surface area contributed by atoms with E-state index in [0.29, 0.717) is 12.8 Å². The number of hydrogen-bond donors (Lipinski definition) is 2. The Hall–Kier alpha value is -1.70. The van der Waals surface area contributed by atoms with Gasteiger partial charge in [0, 0.05) is 6.54 Å². The van der Waals surface area contributed by atoms with E-state index in [-0.39, 0.29) is 16.7 Å². The van der Waals surface area contributed by atoms with Gasteiger partial charge in [0.1, 0.15) is 11.5 Å². The Morgan fingerprint density at radius 3 is 2.65 bits per heavy atom. The number of nitrogens with zero attached hydrogens (tertiary/aromatic N) is 1. The van der Waals surface area contributed by atoms with Crippen molar-refractivity contribution >= 4 is 33.3 Å². The largest absolute Gasteiger partial charge is 0.481 e. The Bertz CT molecular complexity index is 575. The van der Waals surface area contributed by atoms with Gasteiger partial charge in [-0.25, -0.2) is 4.39 Å². The van der Waals surface area contributed by atoms with Crippen molar-refractivity contribution in [2.75, 3.05) is 11.9 Å². The van der Waals surface area contributed by atoms with Crippen LogP contribution in [0.25, 0.3) is 0 Å². The van der Waals surface area contributed by atoms with Gasteiger partial charge < -0.3 is 10.4 Å². The number of carboxylic acid groups (broad SMARTS) is 1. The number of hydrogen-bond acceptors (Lipinski definition) is 4. The van der Waals surface area contributed by atoms with Crippen LogP contribution in [-0.4, -0.2) is 22.5 Å². The van der Waals surface area contributed by atoms with Crippen LogP contribution in [0.3, 0.4) is 0 Å². The van der Waals surface area contributed by atoms with Crippen molar-refractivity contribution in [1.82, 2.24) is 0 Å². The van der Waals surface area contributed by atoms with Crippen molar-refractivity contribution in [1.29, 1.82) is 0 Å². The number of nitrogens with one attached hydrogen (secondary N) is 1. The van der Waals surface area contributed by atoms with Gasteiger partial charge in [-0.15, -0.1) is 0 Å². The summed E-state index contributed by atoms with van der Waals surface area (Å²) in [6.07, 6.45) is 1.89. The normalized spacial score (nSPS) is 16.3. The fourth-order valence-corrected chi connectivity index (χ4v) is 2.51. The minimum absolute atomic E-state index is 0.0846. The first-order valence-corrected chi connectivity index (χ1v) is 6.76. The standard InChI is InChI=1S/C12H12BrFN2O4/c13-7-4-9(10(16(19)20)5-8(7)14)15-6-12(11(17)18)2-1-3-12/h4-5,15H,1-3,6H2,(H,17,18). The fourth-order valence-electron chi connectivity index (χ4n) is 2.16. The Morgan fingerprint density at radius 1 is 1.55 bits per heavy atom.